The lowest BCUT2D eigenvalue weighted by Gasteiger charge is -2.17. The molecule has 0 atom stereocenters. The van der Waals surface area contributed by atoms with Crippen molar-refractivity contribution in [3.8, 4) is 5.75 Å². The zero-order valence-electron chi connectivity index (χ0n) is 17.5. The van der Waals surface area contributed by atoms with Crippen LogP contribution >= 0.6 is 0 Å². The standard InChI is InChI=1S/C22H30N4O3/c1-4-29-18-11-6-5-9-16(18)24-22(28)20-25-19(17-10-7-8-14-26(17)20)21(27)23-13-12-15(2)3/h5-6,9,11,15H,4,7-8,10,12-14H2,1-3H3,(H,23,27)(H,24,28). The lowest BCUT2D eigenvalue weighted by atomic mass is 10.1. The lowest BCUT2D eigenvalue weighted by Crippen LogP contribution is -2.27. The number of anilines is 1. The molecule has 3 rings (SSSR count). The molecule has 1 aliphatic heterocycles. The van der Waals surface area contributed by atoms with Gasteiger partial charge in [-0.05, 0) is 50.7 Å². The van der Waals surface area contributed by atoms with E-state index in [0.29, 0.717) is 42.7 Å². The number of benzene rings is 1. The molecule has 7 heteroatoms. The van der Waals surface area contributed by atoms with Crippen LogP contribution in [0.4, 0.5) is 5.69 Å². The lowest BCUT2D eigenvalue weighted by molar-refractivity contribution is 0.0946. The summed E-state index contributed by atoms with van der Waals surface area (Å²) in [4.78, 5) is 30.2. The van der Waals surface area contributed by atoms with Crippen LogP contribution in [0.5, 0.6) is 5.75 Å². The SMILES string of the molecule is CCOc1ccccc1NC(=O)c1nc(C(=O)NCCC(C)C)c2n1CCCC2. The molecule has 2 aromatic rings. The van der Waals surface area contributed by atoms with E-state index < -0.39 is 0 Å². The van der Waals surface area contributed by atoms with E-state index >= 15 is 0 Å². The van der Waals surface area contributed by atoms with Crippen molar-refractivity contribution in [2.45, 2.75) is 53.0 Å². The van der Waals surface area contributed by atoms with Crippen LogP contribution in [0.1, 0.15) is 66.8 Å². The highest BCUT2D eigenvalue weighted by molar-refractivity contribution is 6.04. The van der Waals surface area contributed by atoms with Gasteiger partial charge < -0.3 is 19.9 Å². The minimum absolute atomic E-state index is 0.204. The molecule has 2 N–H and O–H groups in total. The molecular weight excluding hydrogens is 368 g/mol. The summed E-state index contributed by atoms with van der Waals surface area (Å²) < 4.78 is 7.48. The Labute approximate surface area is 171 Å². The van der Waals surface area contributed by atoms with E-state index in [-0.39, 0.29) is 17.6 Å². The molecule has 0 fully saturated rings. The molecule has 156 valence electrons. The van der Waals surface area contributed by atoms with E-state index in [1.54, 1.807) is 6.07 Å². The first-order valence-corrected chi connectivity index (χ1v) is 10.4. The molecule has 0 unspecified atom stereocenters. The van der Waals surface area contributed by atoms with Gasteiger partial charge in [-0.2, -0.15) is 0 Å². The highest BCUT2D eigenvalue weighted by Crippen LogP contribution is 2.26. The molecule has 0 saturated heterocycles. The summed E-state index contributed by atoms with van der Waals surface area (Å²) in [6.45, 7) is 7.93. The second-order valence-electron chi connectivity index (χ2n) is 7.66. The first-order valence-electron chi connectivity index (χ1n) is 10.4. The number of ether oxygens (including phenoxy) is 1. The van der Waals surface area contributed by atoms with Crippen LogP contribution in [-0.4, -0.2) is 34.5 Å². The number of nitrogens with zero attached hydrogens (tertiary/aromatic N) is 2. The Balaban J connectivity index is 1.83. The number of hydrogen-bond acceptors (Lipinski definition) is 4. The monoisotopic (exact) mass is 398 g/mol. The summed E-state index contributed by atoms with van der Waals surface area (Å²) in [5, 5.41) is 5.83. The number of carbonyl (C=O) groups excluding carboxylic acids is 2. The van der Waals surface area contributed by atoms with Crippen molar-refractivity contribution in [3.63, 3.8) is 0 Å². The Kier molecular flexibility index (Phi) is 6.90. The largest absolute Gasteiger partial charge is 0.492 e. The average Bonchev–Trinajstić information content (AvgIpc) is 3.09. The van der Waals surface area contributed by atoms with Crippen LogP contribution in [-0.2, 0) is 13.0 Å². The van der Waals surface area contributed by atoms with Crippen LogP contribution in [0.15, 0.2) is 24.3 Å². The van der Waals surface area contributed by atoms with Crippen LogP contribution in [0.25, 0.3) is 0 Å². The predicted octanol–water partition coefficient (Wildman–Crippen LogP) is 3.65. The van der Waals surface area contributed by atoms with Gasteiger partial charge in [-0.15, -0.1) is 0 Å². The molecule has 7 nitrogen and oxygen atoms in total. The molecule has 29 heavy (non-hydrogen) atoms. The maximum absolute atomic E-state index is 13.0. The Morgan fingerprint density at radius 3 is 2.76 bits per heavy atom. The second-order valence-corrected chi connectivity index (χ2v) is 7.66. The normalized spacial score (nSPS) is 13.1. The fourth-order valence-corrected chi connectivity index (χ4v) is 3.49. The molecule has 0 radical (unpaired) electrons. The van der Waals surface area contributed by atoms with Gasteiger partial charge in [0.2, 0.25) is 0 Å². The third-order valence-corrected chi connectivity index (χ3v) is 4.98. The summed E-state index contributed by atoms with van der Waals surface area (Å²) in [5.41, 5.74) is 1.81. The van der Waals surface area contributed by atoms with Gasteiger partial charge in [0.25, 0.3) is 11.8 Å². The summed E-state index contributed by atoms with van der Waals surface area (Å²) in [7, 11) is 0. The van der Waals surface area contributed by atoms with Gasteiger partial charge in [0, 0.05) is 13.1 Å². The Bertz CT molecular complexity index is 873. The van der Waals surface area contributed by atoms with Gasteiger partial charge in [-0.25, -0.2) is 4.98 Å². The van der Waals surface area contributed by atoms with Crippen molar-refractivity contribution in [1.29, 1.82) is 0 Å². The zero-order valence-corrected chi connectivity index (χ0v) is 17.5. The summed E-state index contributed by atoms with van der Waals surface area (Å²) in [5.74, 6) is 0.866. The van der Waals surface area contributed by atoms with E-state index in [9.17, 15) is 9.59 Å². The summed E-state index contributed by atoms with van der Waals surface area (Å²) in [6, 6.07) is 7.31. The van der Waals surface area contributed by atoms with E-state index in [2.05, 4.69) is 29.5 Å². The highest BCUT2D eigenvalue weighted by atomic mass is 16.5. The van der Waals surface area contributed by atoms with Gasteiger partial charge >= 0.3 is 0 Å². The Hall–Kier alpha value is -2.83. The fourth-order valence-electron chi connectivity index (χ4n) is 3.49. The smallest absolute Gasteiger partial charge is 0.291 e. The highest BCUT2D eigenvalue weighted by Gasteiger charge is 2.27. The van der Waals surface area contributed by atoms with Crippen molar-refractivity contribution in [3.05, 3.63) is 41.5 Å². The maximum atomic E-state index is 13.0. The molecule has 2 amide bonds. The molecular formula is C22H30N4O3. The minimum Gasteiger partial charge on any atom is -0.492 e. The zero-order chi connectivity index (χ0) is 20.8. The second kappa shape index (κ2) is 9.58. The number of fused-ring (bicyclic) bond motifs is 1. The predicted molar refractivity (Wildman–Crippen MR) is 113 cm³/mol. The van der Waals surface area contributed by atoms with E-state index in [4.69, 9.17) is 4.74 Å². The van der Waals surface area contributed by atoms with Crippen LogP contribution < -0.4 is 15.4 Å². The van der Waals surface area contributed by atoms with Gasteiger partial charge in [-0.3, -0.25) is 9.59 Å². The van der Waals surface area contributed by atoms with Crippen molar-refractivity contribution in [2.75, 3.05) is 18.5 Å². The van der Waals surface area contributed by atoms with Gasteiger partial charge in [0.1, 0.15) is 11.4 Å². The van der Waals surface area contributed by atoms with E-state index in [1.807, 2.05) is 29.7 Å². The number of imidazole rings is 1. The minimum atomic E-state index is -0.332. The molecule has 0 aliphatic carbocycles. The molecule has 1 aliphatic rings. The van der Waals surface area contributed by atoms with Gasteiger partial charge in [0.15, 0.2) is 5.82 Å². The number of amides is 2. The van der Waals surface area contributed by atoms with Crippen LogP contribution in [0, 0.1) is 5.92 Å². The third-order valence-electron chi connectivity index (χ3n) is 4.98. The van der Waals surface area contributed by atoms with Crippen molar-refractivity contribution < 1.29 is 14.3 Å². The van der Waals surface area contributed by atoms with Crippen molar-refractivity contribution >= 4 is 17.5 Å². The molecule has 1 aromatic heterocycles. The van der Waals surface area contributed by atoms with Crippen molar-refractivity contribution in [2.24, 2.45) is 5.92 Å². The van der Waals surface area contributed by atoms with E-state index in [1.165, 1.54) is 0 Å². The number of nitrogens with one attached hydrogen (secondary N) is 2. The molecule has 0 bridgehead atoms. The number of para-hydroxylation sites is 2. The molecule has 0 spiro atoms. The van der Waals surface area contributed by atoms with Crippen LogP contribution in [0.2, 0.25) is 0 Å². The molecule has 0 saturated carbocycles. The quantitative estimate of drug-likeness (QED) is 0.711. The first-order chi connectivity index (χ1) is 14.0. The fraction of sp³-hybridized carbons (Fsp3) is 0.500. The average molecular weight is 399 g/mol. The number of hydrogen-bond donors (Lipinski definition) is 2. The van der Waals surface area contributed by atoms with Gasteiger partial charge in [-0.1, -0.05) is 26.0 Å². The first kappa shape index (κ1) is 20.9. The maximum Gasteiger partial charge on any atom is 0.291 e. The number of carbonyl (C=O) groups is 2. The Morgan fingerprint density at radius 2 is 2.00 bits per heavy atom. The number of aromatic nitrogens is 2. The van der Waals surface area contributed by atoms with Gasteiger partial charge in [0.05, 0.1) is 18.0 Å². The molecule has 2 heterocycles. The number of rotatable bonds is 8. The van der Waals surface area contributed by atoms with E-state index in [0.717, 1.165) is 31.4 Å². The third kappa shape index (κ3) is 4.96. The van der Waals surface area contributed by atoms with Crippen LogP contribution in [0.3, 0.4) is 0 Å². The van der Waals surface area contributed by atoms with Crippen molar-refractivity contribution in [1.82, 2.24) is 14.9 Å². The summed E-state index contributed by atoms with van der Waals surface area (Å²) >= 11 is 0. The topological polar surface area (TPSA) is 85.2 Å². The Morgan fingerprint density at radius 1 is 1.21 bits per heavy atom. The summed E-state index contributed by atoms with van der Waals surface area (Å²) in [6.07, 6.45) is 3.62. The molecule has 1 aromatic carbocycles.